The molecule has 1 rings (SSSR count). The first-order valence-corrected chi connectivity index (χ1v) is 5.47. The highest BCUT2D eigenvalue weighted by Gasteiger charge is 2.32. The third kappa shape index (κ3) is 2.87. The van der Waals surface area contributed by atoms with Crippen LogP contribution in [0, 0.1) is 5.82 Å². The van der Waals surface area contributed by atoms with E-state index in [9.17, 15) is 29.6 Å². The zero-order valence-electron chi connectivity index (χ0n) is 8.25. The van der Waals surface area contributed by atoms with Gasteiger partial charge in [-0.1, -0.05) is 5.46 Å². The Morgan fingerprint density at radius 1 is 1.24 bits per heavy atom. The molecule has 0 saturated heterocycles. The van der Waals surface area contributed by atoms with E-state index in [0.29, 0.717) is 0 Å². The fourth-order valence-electron chi connectivity index (χ4n) is 1.15. The van der Waals surface area contributed by atoms with E-state index in [1.54, 1.807) is 0 Å². The van der Waals surface area contributed by atoms with E-state index in [1.165, 1.54) is 0 Å². The quantitative estimate of drug-likeness (QED) is 0.477. The molecule has 10 heteroatoms. The summed E-state index contributed by atoms with van der Waals surface area (Å²) in [5.74, 6) is -2.77. The number of benzene rings is 1. The number of hydrogen-bond donors (Lipinski definition) is 0. The molecule has 0 unspecified atom stereocenters. The van der Waals surface area contributed by atoms with Crippen molar-refractivity contribution in [1.29, 1.82) is 0 Å². The molecule has 17 heavy (non-hydrogen) atoms. The first-order chi connectivity index (χ1) is 7.57. The molecule has 96 valence electrons. The highest BCUT2D eigenvalue weighted by atomic mass is 32.3. The summed E-state index contributed by atoms with van der Waals surface area (Å²) in [6, 6.07) is 0.0561. The fourth-order valence-corrected chi connectivity index (χ4v) is 1.78. The molecule has 0 aliphatic carbocycles. The topological polar surface area (TPSA) is 43.4 Å². The average Bonchev–Trinajstić information content (AvgIpc) is 2.14. The Bertz CT molecular complexity index is 539. The maximum Gasteiger partial charge on any atom is 0.512 e. The molecule has 1 aromatic carbocycles. The minimum absolute atomic E-state index is 0.0568. The monoisotopic (exact) mass is 275 g/mol. The molecule has 0 amide bonds. The zero-order valence-corrected chi connectivity index (χ0v) is 9.07. The second-order valence-electron chi connectivity index (χ2n) is 3.04. The van der Waals surface area contributed by atoms with Crippen LogP contribution in [0.2, 0.25) is 0 Å². The second-order valence-corrected chi connectivity index (χ2v) is 4.35. The second kappa shape index (κ2) is 4.17. The lowest BCUT2D eigenvalue weighted by molar-refractivity contribution is 0.399. The Hall–Kier alpha value is -1.32. The number of rotatable bonds is 3. The van der Waals surface area contributed by atoms with E-state index in [-0.39, 0.29) is 12.1 Å². The lowest BCUT2D eigenvalue weighted by Gasteiger charge is -2.17. The van der Waals surface area contributed by atoms with Crippen molar-refractivity contribution >= 4 is 22.7 Å². The van der Waals surface area contributed by atoms with Gasteiger partial charge in [-0.2, -0.15) is 8.42 Å². The van der Waals surface area contributed by atoms with Gasteiger partial charge >= 0.3 is 17.2 Å². The average molecular weight is 275 g/mol. The fraction of sp³-hybridized carbons (Fsp3) is 0.143. The van der Waals surface area contributed by atoms with Crippen molar-refractivity contribution in [1.82, 2.24) is 0 Å². The minimum Gasteiger partial charge on any atom is -0.495 e. The maximum absolute atomic E-state index is 13.0. The minimum atomic E-state index is -5.68. The molecule has 1 aromatic rings. The summed E-state index contributed by atoms with van der Waals surface area (Å²) in [7, 11) is -4.51. The Labute approximate surface area is 93.5 Å². The van der Waals surface area contributed by atoms with E-state index in [1.807, 2.05) is 0 Å². The number of halogens is 5. The Balaban J connectivity index is 3.57. The third-order valence-electron chi connectivity index (χ3n) is 1.90. The Kier molecular flexibility index (Phi) is 3.37. The van der Waals surface area contributed by atoms with Crippen LogP contribution in [-0.2, 0) is 10.2 Å². The van der Waals surface area contributed by atoms with Gasteiger partial charge in [0.1, 0.15) is 10.6 Å². The molecule has 0 atom stereocenters. The van der Waals surface area contributed by atoms with E-state index in [4.69, 9.17) is 0 Å². The SMILES string of the molecule is COc1cc([B-](F)(F)F)c(F)cc1S(=O)(=O)F. The third-order valence-corrected chi connectivity index (χ3v) is 2.74. The molecule has 0 saturated carbocycles. The smallest absolute Gasteiger partial charge is 0.495 e. The van der Waals surface area contributed by atoms with Crippen molar-refractivity contribution in [3.05, 3.63) is 17.9 Å². The molecule has 0 aliphatic rings. The predicted molar refractivity (Wildman–Crippen MR) is 50.0 cm³/mol. The van der Waals surface area contributed by atoms with Crippen LogP contribution in [0.3, 0.4) is 0 Å². The molecule has 0 aromatic heterocycles. The molecule has 0 bridgehead atoms. The lowest BCUT2D eigenvalue weighted by atomic mass is 9.79. The van der Waals surface area contributed by atoms with Crippen LogP contribution in [-0.4, -0.2) is 22.5 Å². The van der Waals surface area contributed by atoms with Crippen LogP contribution < -0.4 is 10.2 Å². The van der Waals surface area contributed by atoms with Crippen LogP contribution in [0.25, 0.3) is 0 Å². The Morgan fingerprint density at radius 2 is 1.76 bits per heavy atom. The van der Waals surface area contributed by atoms with Crippen LogP contribution in [0.4, 0.5) is 21.2 Å². The zero-order chi connectivity index (χ0) is 13.4. The van der Waals surface area contributed by atoms with Gasteiger partial charge in [0.25, 0.3) is 0 Å². The van der Waals surface area contributed by atoms with Gasteiger partial charge in [-0.3, -0.25) is 0 Å². The summed E-state index contributed by atoms with van der Waals surface area (Å²) >= 11 is 0. The molecular formula is C7H5BF5O3S-. The summed E-state index contributed by atoms with van der Waals surface area (Å²) in [4.78, 5) is -1.28. The van der Waals surface area contributed by atoms with Gasteiger partial charge in [-0.25, -0.2) is 4.39 Å². The number of hydrogen-bond acceptors (Lipinski definition) is 3. The molecule has 0 fully saturated rings. The van der Waals surface area contributed by atoms with E-state index in [2.05, 4.69) is 4.74 Å². The van der Waals surface area contributed by atoms with Crippen molar-refractivity contribution in [2.45, 2.75) is 4.90 Å². The first-order valence-electron chi connectivity index (χ1n) is 4.09. The molecule has 0 aliphatic heterocycles. The van der Waals surface area contributed by atoms with Crippen molar-refractivity contribution in [3.63, 3.8) is 0 Å². The van der Waals surface area contributed by atoms with E-state index >= 15 is 0 Å². The molecule has 3 nitrogen and oxygen atoms in total. The van der Waals surface area contributed by atoms with E-state index < -0.39 is 39.1 Å². The van der Waals surface area contributed by atoms with Crippen molar-refractivity contribution in [2.24, 2.45) is 0 Å². The summed E-state index contributed by atoms with van der Waals surface area (Å²) in [5, 5.41) is 0. The van der Waals surface area contributed by atoms with Crippen LogP contribution >= 0.6 is 0 Å². The summed E-state index contributed by atoms with van der Waals surface area (Å²) in [6.07, 6.45) is 0. The van der Waals surface area contributed by atoms with Gasteiger partial charge in [-0.15, -0.1) is 3.89 Å². The molecule has 0 spiro atoms. The highest BCUT2D eigenvalue weighted by Crippen LogP contribution is 2.27. The summed E-state index contributed by atoms with van der Waals surface area (Å²) < 4.78 is 87.9. The first kappa shape index (κ1) is 13.7. The van der Waals surface area contributed by atoms with Crippen LogP contribution in [0.5, 0.6) is 5.75 Å². The molecule has 0 N–H and O–H groups in total. The van der Waals surface area contributed by atoms with Gasteiger partial charge in [0, 0.05) is 0 Å². The number of ether oxygens (including phenoxy) is 1. The van der Waals surface area contributed by atoms with Gasteiger partial charge < -0.3 is 17.7 Å². The Morgan fingerprint density at radius 3 is 2.12 bits per heavy atom. The normalized spacial score (nSPS) is 12.6. The number of methoxy groups -OCH3 is 1. The maximum atomic E-state index is 13.0. The highest BCUT2D eigenvalue weighted by molar-refractivity contribution is 7.86. The van der Waals surface area contributed by atoms with Gasteiger partial charge in [0.2, 0.25) is 0 Å². The summed E-state index contributed by atoms with van der Waals surface area (Å²) in [5.41, 5.74) is -1.67. The van der Waals surface area contributed by atoms with Crippen LogP contribution in [0.15, 0.2) is 17.0 Å². The summed E-state index contributed by atoms with van der Waals surface area (Å²) in [6.45, 7) is -5.68. The van der Waals surface area contributed by atoms with E-state index in [0.717, 1.165) is 7.11 Å². The van der Waals surface area contributed by atoms with Crippen LogP contribution in [0.1, 0.15) is 0 Å². The largest absolute Gasteiger partial charge is 0.512 e. The molecular weight excluding hydrogens is 270 g/mol. The molecule has 0 heterocycles. The van der Waals surface area contributed by atoms with Gasteiger partial charge in [0.15, 0.2) is 0 Å². The predicted octanol–water partition coefficient (Wildman–Crippen LogP) is 1.55. The van der Waals surface area contributed by atoms with Crippen molar-refractivity contribution in [3.8, 4) is 5.75 Å². The lowest BCUT2D eigenvalue weighted by Crippen LogP contribution is -2.37. The van der Waals surface area contributed by atoms with Crippen molar-refractivity contribution in [2.75, 3.05) is 7.11 Å². The van der Waals surface area contributed by atoms with Gasteiger partial charge in [0.05, 0.1) is 12.9 Å². The van der Waals surface area contributed by atoms with Gasteiger partial charge in [-0.05, 0) is 12.1 Å². The van der Waals surface area contributed by atoms with Crippen molar-refractivity contribution < 1.29 is 34.4 Å². The molecule has 0 radical (unpaired) electrons. The standard InChI is InChI=1S/C7H5BF5O3S/c1-16-6-2-4(8(10,11)12)5(9)3-7(6)17(13,14)15/h2-3H,1H3/q-1.